The fourth-order valence-corrected chi connectivity index (χ4v) is 3.57. The van der Waals surface area contributed by atoms with Crippen LogP contribution in [0.4, 0.5) is 0 Å². The number of carbonyl (C=O) groups excluding carboxylic acids is 1. The maximum absolute atomic E-state index is 12.6. The van der Waals surface area contributed by atoms with Crippen LogP contribution in [-0.2, 0) is 24.0 Å². The van der Waals surface area contributed by atoms with E-state index in [9.17, 15) is 4.79 Å². The van der Waals surface area contributed by atoms with Crippen molar-refractivity contribution in [2.75, 3.05) is 0 Å². The van der Waals surface area contributed by atoms with Crippen molar-refractivity contribution in [2.45, 2.75) is 58.5 Å². The predicted molar refractivity (Wildman–Crippen MR) is 97.1 cm³/mol. The van der Waals surface area contributed by atoms with Crippen LogP contribution in [0.1, 0.15) is 72.5 Å². The Morgan fingerprint density at radius 1 is 1.35 bits per heavy atom. The predicted octanol–water partition coefficient (Wildman–Crippen LogP) is 4.30. The Labute approximate surface area is 151 Å². The Bertz CT molecular complexity index is 941. The average Bonchev–Trinajstić information content (AvgIpc) is 3.26. The highest BCUT2D eigenvalue weighted by Crippen LogP contribution is 2.30. The van der Waals surface area contributed by atoms with Gasteiger partial charge in [0.2, 0.25) is 0 Å². The first kappa shape index (κ1) is 16.8. The van der Waals surface area contributed by atoms with Crippen molar-refractivity contribution in [1.29, 1.82) is 0 Å². The molecule has 0 saturated heterocycles. The molecule has 1 aromatic carbocycles. The van der Waals surface area contributed by atoms with Crippen molar-refractivity contribution in [3.05, 3.63) is 46.7 Å². The van der Waals surface area contributed by atoms with E-state index in [0.717, 1.165) is 36.6 Å². The topological polar surface area (TPSA) is 81.0 Å². The molecule has 0 spiro atoms. The van der Waals surface area contributed by atoms with Gasteiger partial charge in [-0.1, -0.05) is 12.1 Å². The number of rotatable bonds is 5. The van der Waals surface area contributed by atoms with Gasteiger partial charge in [-0.25, -0.2) is 4.79 Å². The highest BCUT2D eigenvalue weighted by atomic mass is 16.6. The molecule has 1 aliphatic carbocycles. The van der Waals surface area contributed by atoms with E-state index >= 15 is 0 Å². The Kier molecular flexibility index (Phi) is 4.49. The SMILES string of the molecule is CCCc1noc(C(C)OC(=O)c2ccc3[nH]c4c(c3c2)CCCC4)n1. The summed E-state index contributed by atoms with van der Waals surface area (Å²) in [7, 11) is 0. The standard InChI is InChI=1S/C20H23N3O3/c1-3-6-18-22-19(26-23-18)12(2)25-20(24)13-9-10-17-15(11-13)14-7-4-5-8-16(14)21-17/h9-12,21H,3-8H2,1-2H3. The van der Waals surface area contributed by atoms with Gasteiger partial charge >= 0.3 is 5.97 Å². The van der Waals surface area contributed by atoms with Crippen LogP contribution in [0.2, 0.25) is 0 Å². The molecule has 0 saturated carbocycles. The summed E-state index contributed by atoms with van der Waals surface area (Å²) in [6.07, 6.45) is 5.67. The smallest absolute Gasteiger partial charge is 0.338 e. The third kappa shape index (κ3) is 3.11. The number of aromatic nitrogens is 3. The van der Waals surface area contributed by atoms with Crippen molar-refractivity contribution in [2.24, 2.45) is 0 Å². The number of aromatic amines is 1. The van der Waals surface area contributed by atoms with E-state index in [1.807, 2.05) is 12.1 Å². The van der Waals surface area contributed by atoms with E-state index in [2.05, 4.69) is 22.0 Å². The van der Waals surface area contributed by atoms with Crippen molar-refractivity contribution in [3.63, 3.8) is 0 Å². The van der Waals surface area contributed by atoms with Crippen LogP contribution in [0.15, 0.2) is 22.7 Å². The molecule has 0 amide bonds. The third-order valence-electron chi connectivity index (χ3n) is 4.92. The molecule has 26 heavy (non-hydrogen) atoms. The summed E-state index contributed by atoms with van der Waals surface area (Å²) in [4.78, 5) is 20.3. The van der Waals surface area contributed by atoms with Gasteiger partial charge in [0.05, 0.1) is 5.56 Å². The summed E-state index contributed by atoms with van der Waals surface area (Å²) in [6.45, 7) is 3.80. The Morgan fingerprint density at radius 3 is 3.04 bits per heavy atom. The normalized spacial score (nSPS) is 15.0. The Hall–Kier alpha value is -2.63. The second-order valence-corrected chi connectivity index (χ2v) is 6.90. The highest BCUT2D eigenvalue weighted by molar-refractivity contribution is 5.96. The molecule has 6 nitrogen and oxygen atoms in total. The van der Waals surface area contributed by atoms with E-state index in [0.29, 0.717) is 17.3 Å². The molecule has 1 unspecified atom stereocenters. The Balaban J connectivity index is 1.53. The van der Waals surface area contributed by atoms with Crippen molar-refractivity contribution >= 4 is 16.9 Å². The molecular formula is C20H23N3O3. The lowest BCUT2D eigenvalue weighted by molar-refractivity contribution is 0.0265. The van der Waals surface area contributed by atoms with Crippen molar-refractivity contribution < 1.29 is 14.1 Å². The number of hydrogen-bond donors (Lipinski definition) is 1. The number of aryl methyl sites for hydroxylation is 3. The van der Waals surface area contributed by atoms with E-state index in [-0.39, 0.29) is 5.97 Å². The number of ether oxygens (including phenoxy) is 1. The van der Waals surface area contributed by atoms with Gasteiger partial charge < -0.3 is 14.2 Å². The van der Waals surface area contributed by atoms with Gasteiger partial charge in [0.15, 0.2) is 11.9 Å². The van der Waals surface area contributed by atoms with Gasteiger partial charge in [0, 0.05) is 23.0 Å². The van der Waals surface area contributed by atoms with E-state index in [4.69, 9.17) is 9.26 Å². The fourth-order valence-electron chi connectivity index (χ4n) is 3.57. The second-order valence-electron chi connectivity index (χ2n) is 6.90. The quantitative estimate of drug-likeness (QED) is 0.692. The number of hydrogen-bond acceptors (Lipinski definition) is 5. The van der Waals surface area contributed by atoms with Crippen LogP contribution < -0.4 is 0 Å². The summed E-state index contributed by atoms with van der Waals surface area (Å²) >= 11 is 0. The lowest BCUT2D eigenvalue weighted by atomic mass is 9.95. The van der Waals surface area contributed by atoms with Crippen LogP contribution in [0.3, 0.4) is 0 Å². The lowest BCUT2D eigenvalue weighted by Crippen LogP contribution is -2.09. The molecule has 0 aliphatic heterocycles. The molecule has 2 aromatic heterocycles. The van der Waals surface area contributed by atoms with Gasteiger partial charge in [0.1, 0.15) is 0 Å². The number of fused-ring (bicyclic) bond motifs is 3. The number of nitrogens with zero attached hydrogens (tertiary/aromatic N) is 2. The molecule has 0 bridgehead atoms. The zero-order chi connectivity index (χ0) is 18.1. The molecule has 1 aliphatic rings. The number of carbonyl (C=O) groups is 1. The molecule has 6 heteroatoms. The van der Waals surface area contributed by atoms with E-state index in [1.165, 1.54) is 24.1 Å². The fraction of sp³-hybridized carbons (Fsp3) is 0.450. The van der Waals surface area contributed by atoms with Crippen LogP contribution >= 0.6 is 0 Å². The van der Waals surface area contributed by atoms with Gasteiger partial charge in [0.25, 0.3) is 5.89 Å². The minimum Gasteiger partial charge on any atom is -0.449 e. The van der Waals surface area contributed by atoms with Crippen LogP contribution in [-0.4, -0.2) is 21.1 Å². The Morgan fingerprint density at radius 2 is 2.19 bits per heavy atom. The maximum Gasteiger partial charge on any atom is 0.338 e. The summed E-state index contributed by atoms with van der Waals surface area (Å²) in [5, 5.41) is 5.04. The van der Waals surface area contributed by atoms with Crippen LogP contribution in [0.25, 0.3) is 10.9 Å². The van der Waals surface area contributed by atoms with Gasteiger partial charge in [-0.05, 0) is 62.8 Å². The minimum absolute atomic E-state index is 0.335. The third-order valence-corrected chi connectivity index (χ3v) is 4.92. The molecule has 0 fully saturated rings. The lowest BCUT2D eigenvalue weighted by Gasteiger charge is -2.11. The zero-order valence-corrected chi connectivity index (χ0v) is 15.2. The molecule has 3 aromatic rings. The first-order valence-corrected chi connectivity index (χ1v) is 9.32. The summed E-state index contributed by atoms with van der Waals surface area (Å²) in [6, 6.07) is 5.69. The zero-order valence-electron chi connectivity index (χ0n) is 15.2. The average molecular weight is 353 g/mol. The number of nitrogens with one attached hydrogen (secondary N) is 1. The largest absolute Gasteiger partial charge is 0.449 e. The molecular weight excluding hydrogens is 330 g/mol. The summed E-state index contributed by atoms with van der Waals surface area (Å²) in [5.41, 5.74) is 4.28. The second kappa shape index (κ2) is 6.94. The summed E-state index contributed by atoms with van der Waals surface area (Å²) < 4.78 is 10.7. The first-order valence-electron chi connectivity index (χ1n) is 9.32. The van der Waals surface area contributed by atoms with E-state index in [1.54, 1.807) is 13.0 Å². The van der Waals surface area contributed by atoms with Crippen LogP contribution in [0.5, 0.6) is 0 Å². The highest BCUT2D eigenvalue weighted by Gasteiger charge is 2.21. The molecule has 1 N–H and O–H groups in total. The van der Waals surface area contributed by atoms with Gasteiger partial charge in [-0.2, -0.15) is 4.98 Å². The molecule has 136 valence electrons. The number of esters is 1. The maximum atomic E-state index is 12.6. The molecule has 2 heterocycles. The minimum atomic E-state index is -0.573. The van der Waals surface area contributed by atoms with Gasteiger partial charge in [-0.3, -0.25) is 0 Å². The molecule has 0 radical (unpaired) electrons. The van der Waals surface area contributed by atoms with Crippen molar-refractivity contribution in [1.82, 2.24) is 15.1 Å². The van der Waals surface area contributed by atoms with E-state index < -0.39 is 6.10 Å². The molecule has 4 rings (SSSR count). The molecule has 1 atom stereocenters. The van der Waals surface area contributed by atoms with Crippen LogP contribution in [0, 0.1) is 0 Å². The monoisotopic (exact) mass is 353 g/mol. The number of benzene rings is 1. The first-order chi connectivity index (χ1) is 12.7. The number of H-pyrrole nitrogens is 1. The van der Waals surface area contributed by atoms with Crippen molar-refractivity contribution in [3.8, 4) is 0 Å². The van der Waals surface area contributed by atoms with Gasteiger partial charge in [-0.15, -0.1) is 0 Å². The summed E-state index contributed by atoms with van der Waals surface area (Å²) in [5.74, 6) is 0.605.